The highest BCUT2D eigenvalue weighted by atomic mass is 79.9. The van der Waals surface area contributed by atoms with Crippen molar-refractivity contribution in [1.29, 1.82) is 0 Å². The molecule has 24 heavy (non-hydrogen) atoms. The molecule has 3 nitrogen and oxygen atoms in total. The van der Waals surface area contributed by atoms with E-state index in [0.717, 1.165) is 43.5 Å². The molecule has 1 N–H and O–H groups in total. The number of nitrogens with zero attached hydrogens (tertiary/aromatic N) is 1. The Morgan fingerprint density at radius 3 is 2.42 bits per heavy atom. The molecule has 126 valence electrons. The molecule has 1 aliphatic heterocycles. The summed E-state index contributed by atoms with van der Waals surface area (Å²) in [5.74, 6) is 0.581. The lowest BCUT2D eigenvalue weighted by Gasteiger charge is -2.32. The number of halogens is 1. The van der Waals surface area contributed by atoms with Crippen LogP contribution in [0, 0.1) is 5.92 Å². The summed E-state index contributed by atoms with van der Waals surface area (Å²) in [6, 6.07) is 18.2. The highest BCUT2D eigenvalue weighted by Gasteiger charge is 2.20. The summed E-state index contributed by atoms with van der Waals surface area (Å²) in [6.45, 7) is 3.99. The Balaban J connectivity index is 1.43. The number of likely N-dealkylation sites (tertiary alicyclic amines) is 1. The molecule has 0 bridgehead atoms. The second kappa shape index (κ2) is 8.45. The Bertz CT molecular complexity index is 666. The highest BCUT2D eigenvalue weighted by Crippen LogP contribution is 2.19. The molecule has 1 aliphatic rings. The number of benzene rings is 2. The summed E-state index contributed by atoms with van der Waals surface area (Å²) >= 11 is 3.43. The Hall–Kier alpha value is -1.65. The van der Waals surface area contributed by atoms with E-state index in [1.54, 1.807) is 0 Å². The van der Waals surface area contributed by atoms with Gasteiger partial charge in [-0.3, -0.25) is 9.69 Å². The molecule has 0 radical (unpaired) electrons. The molecular formula is C20H23BrN2O. The largest absolute Gasteiger partial charge is 0.352 e. The lowest BCUT2D eigenvalue weighted by Crippen LogP contribution is -2.38. The van der Waals surface area contributed by atoms with Crippen molar-refractivity contribution in [3.05, 3.63) is 70.2 Å². The second-order valence-corrected chi connectivity index (χ2v) is 7.25. The number of hydrogen-bond acceptors (Lipinski definition) is 2. The van der Waals surface area contributed by atoms with Gasteiger partial charge in [-0.2, -0.15) is 0 Å². The van der Waals surface area contributed by atoms with Gasteiger partial charge in [-0.15, -0.1) is 0 Å². The second-order valence-electron chi connectivity index (χ2n) is 6.39. The van der Waals surface area contributed by atoms with Crippen LogP contribution >= 0.6 is 15.9 Å². The van der Waals surface area contributed by atoms with Crippen LogP contribution in [0.25, 0.3) is 0 Å². The van der Waals surface area contributed by atoms with Crippen LogP contribution in [0.1, 0.15) is 28.8 Å². The molecule has 0 unspecified atom stereocenters. The van der Waals surface area contributed by atoms with E-state index in [-0.39, 0.29) is 5.91 Å². The third-order valence-corrected chi connectivity index (χ3v) is 5.32. The van der Waals surface area contributed by atoms with E-state index in [1.807, 2.05) is 24.3 Å². The van der Waals surface area contributed by atoms with Crippen molar-refractivity contribution in [2.75, 3.05) is 19.6 Å². The molecule has 1 saturated heterocycles. The van der Waals surface area contributed by atoms with Gasteiger partial charge in [-0.05, 0) is 65.5 Å². The number of hydrogen-bond donors (Lipinski definition) is 1. The number of piperidine rings is 1. The Labute approximate surface area is 152 Å². The molecule has 1 fully saturated rings. The van der Waals surface area contributed by atoms with Gasteiger partial charge in [-0.25, -0.2) is 0 Å². The van der Waals surface area contributed by atoms with Crippen LogP contribution in [0.2, 0.25) is 0 Å². The van der Waals surface area contributed by atoms with Gasteiger partial charge >= 0.3 is 0 Å². The zero-order valence-corrected chi connectivity index (χ0v) is 15.3. The molecule has 0 aliphatic carbocycles. The van der Waals surface area contributed by atoms with E-state index in [0.29, 0.717) is 11.5 Å². The smallest absolute Gasteiger partial charge is 0.252 e. The van der Waals surface area contributed by atoms with Gasteiger partial charge in [0.1, 0.15) is 0 Å². The molecule has 0 aromatic heterocycles. The third-order valence-electron chi connectivity index (χ3n) is 4.63. The van der Waals surface area contributed by atoms with Crippen molar-refractivity contribution in [2.45, 2.75) is 19.4 Å². The van der Waals surface area contributed by atoms with Gasteiger partial charge in [-0.1, -0.05) is 42.5 Å². The quantitative estimate of drug-likeness (QED) is 0.838. The molecule has 1 heterocycles. The summed E-state index contributed by atoms with van der Waals surface area (Å²) in [5.41, 5.74) is 2.08. The summed E-state index contributed by atoms with van der Waals surface area (Å²) in [6.07, 6.45) is 2.28. The maximum atomic E-state index is 12.3. The fourth-order valence-electron chi connectivity index (χ4n) is 3.17. The summed E-state index contributed by atoms with van der Waals surface area (Å²) in [7, 11) is 0. The monoisotopic (exact) mass is 386 g/mol. The molecule has 0 saturated carbocycles. The Kier molecular flexibility index (Phi) is 6.05. The first-order valence-corrected chi connectivity index (χ1v) is 9.30. The average molecular weight is 387 g/mol. The zero-order chi connectivity index (χ0) is 16.8. The summed E-state index contributed by atoms with van der Waals surface area (Å²) < 4.78 is 0.847. The van der Waals surface area contributed by atoms with Gasteiger partial charge in [0.15, 0.2) is 0 Å². The maximum Gasteiger partial charge on any atom is 0.252 e. The fraction of sp³-hybridized carbons (Fsp3) is 0.350. The van der Waals surface area contributed by atoms with Gasteiger partial charge in [0, 0.05) is 17.6 Å². The first kappa shape index (κ1) is 17.2. The molecule has 3 rings (SSSR count). The topological polar surface area (TPSA) is 32.3 Å². The minimum absolute atomic E-state index is 0.00851. The molecular weight excluding hydrogens is 364 g/mol. The first-order valence-electron chi connectivity index (χ1n) is 8.51. The fourth-order valence-corrected chi connectivity index (χ4v) is 3.63. The van der Waals surface area contributed by atoms with Crippen molar-refractivity contribution in [3.63, 3.8) is 0 Å². The minimum Gasteiger partial charge on any atom is -0.352 e. The molecule has 0 spiro atoms. The maximum absolute atomic E-state index is 12.3. The van der Waals surface area contributed by atoms with Crippen molar-refractivity contribution in [1.82, 2.24) is 10.2 Å². The Morgan fingerprint density at radius 1 is 1.04 bits per heavy atom. The van der Waals surface area contributed by atoms with Crippen molar-refractivity contribution in [3.8, 4) is 0 Å². The number of nitrogens with one attached hydrogen (secondary N) is 1. The third kappa shape index (κ3) is 4.68. The van der Waals surface area contributed by atoms with Crippen LogP contribution in [0.5, 0.6) is 0 Å². The molecule has 1 amide bonds. The predicted octanol–water partition coefficient (Wildman–Crippen LogP) is 4.09. The van der Waals surface area contributed by atoms with E-state index in [9.17, 15) is 4.79 Å². The average Bonchev–Trinajstić information content (AvgIpc) is 2.62. The van der Waals surface area contributed by atoms with E-state index in [1.165, 1.54) is 5.56 Å². The van der Waals surface area contributed by atoms with Crippen LogP contribution in [0.4, 0.5) is 0 Å². The van der Waals surface area contributed by atoms with Crippen LogP contribution in [0.3, 0.4) is 0 Å². The van der Waals surface area contributed by atoms with Crippen LogP contribution in [0.15, 0.2) is 59.1 Å². The highest BCUT2D eigenvalue weighted by molar-refractivity contribution is 9.10. The lowest BCUT2D eigenvalue weighted by molar-refractivity contribution is 0.0934. The lowest BCUT2D eigenvalue weighted by atomic mass is 9.96. The Morgan fingerprint density at radius 2 is 1.71 bits per heavy atom. The van der Waals surface area contributed by atoms with Crippen LogP contribution < -0.4 is 5.32 Å². The van der Waals surface area contributed by atoms with E-state index in [4.69, 9.17) is 0 Å². The molecule has 4 heteroatoms. The van der Waals surface area contributed by atoms with Crippen molar-refractivity contribution >= 4 is 21.8 Å². The summed E-state index contributed by atoms with van der Waals surface area (Å²) in [5, 5.41) is 3.09. The zero-order valence-electron chi connectivity index (χ0n) is 13.7. The van der Waals surface area contributed by atoms with Gasteiger partial charge < -0.3 is 5.32 Å². The predicted molar refractivity (Wildman–Crippen MR) is 101 cm³/mol. The van der Waals surface area contributed by atoms with Gasteiger partial charge in [0.05, 0.1) is 5.56 Å². The van der Waals surface area contributed by atoms with E-state index < -0.39 is 0 Å². The van der Waals surface area contributed by atoms with Crippen molar-refractivity contribution < 1.29 is 4.79 Å². The molecule has 0 atom stereocenters. The molecule has 2 aromatic carbocycles. The number of amides is 1. The molecule has 2 aromatic rings. The summed E-state index contributed by atoms with van der Waals surface area (Å²) in [4.78, 5) is 14.8. The van der Waals surface area contributed by atoms with Crippen LogP contribution in [-0.2, 0) is 6.54 Å². The first-order chi connectivity index (χ1) is 11.7. The standard InChI is InChI=1S/C20H23BrN2O/c21-19-9-5-4-8-18(19)20(24)22-14-16-10-12-23(13-11-16)15-17-6-2-1-3-7-17/h1-9,16H,10-15H2,(H,22,24). The van der Waals surface area contributed by atoms with Crippen LogP contribution in [-0.4, -0.2) is 30.4 Å². The van der Waals surface area contributed by atoms with Gasteiger partial charge in [0.25, 0.3) is 5.91 Å². The van der Waals surface area contributed by atoms with Gasteiger partial charge in [0.2, 0.25) is 0 Å². The van der Waals surface area contributed by atoms with E-state index in [2.05, 4.69) is 56.5 Å². The number of rotatable bonds is 5. The SMILES string of the molecule is O=C(NCC1CCN(Cc2ccccc2)CC1)c1ccccc1Br. The van der Waals surface area contributed by atoms with Crippen molar-refractivity contribution in [2.24, 2.45) is 5.92 Å². The normalized spacial score (nSPS) is 16.0. The number of carbonyl (C=O) groups excluding carboxylic acids is 1. The number of carbonyl (C=O) groups is 1. The van der Waals surface area contributed by atoms with E-state index >= 15 is 0 Å². The minimum atomic E-state index is 0.00851.